The molecule has 7 nitrogen and oxygen atoms in total. The molecule has 1 aliphatic carbocycles. The van der Waals surface area contributed by atoms with Crippen molar-refractivity contribution in [3.63, 3.8) is 0 Å². The second-order valence-electron chi connectivity index (χ2n) is 7.35. The third-order valence-electron chi connectivity index (χ3n) is 5.46. The van der Waals surface area contributed by atoms with Crippen molar-refractivity contribution in [3.05, 3.63) is 52.4 Å². The summed E-state index contributed by atoms with van der Waals surface area (Å²) in [6.45, 7) is 5.51. The van der Waals surface area contributed by atoms with Gasteiger partial charge in [-0.2, -0.15) is 0 Å². The van der Waals surface area contributed by atoms with Crippen molar-refractivity contribution in [2.75, 3.05) is 13.7 Å². The molecule has 0 aromatic heterocycles. The van der Waals surface area contributed by atoms with Crippen LogP contribution in [0, 0.1) is 11.8 Å². The van der Waals surface area contributed by atoms with Crippen LogP contribution in [0.15, 0.2) is 46.8 Å². The number of carbonyl (C=O) groups is 3. The predicted octanol–water partition coefficient (Wildman–Crippen LogP) is 2.57. The monoisotopic (exact) mass is 399 g/mol. The Bertz CT molecular complexity index is 912. The molecule has 0 spiro atoms. The molecule has 1 aliphatic heterocycles. The van der Waals surface area contributed by atoms with Crippen molar-refractivity contribution in [1.29, 1.82) is 0 Å². The zero-order valence-corrected chi connectivity index (χ0v) is 16.9. The molecule has 1 aromatic carbocycles. The summed E-state index contributed by atoms with van der Waals surface area (Å²) in [6.07, 6.45) is 0.475. The van der Waals surface area contributed by atoms with Crippen LogP contribution in [0.2, 0.25) is 0 Å². The van der Waals surface area contributed by atoms with Gasteiger partial charge in [0.1, 0.15) is 11.7 Å². The van der Waals surface area contributed by atoms with Gasteiger partial charge in [-0.25, -0.2) is 4.79 Å². The Kier molecular flexibility index (Phi) is 5.77. The Morgan fingerprint density at radius 2 is 1.90 bits per heavy atom. The summed E-state index contributed by atoms with van der Waals surface area (Å²) in [5, 5.41) is 12.9. The summed E-state index contributed by atoms with van der Waals surface area (Å²) < 4.78 is 10.1. The van der Waals surface area contributed by atoms with Gasteiger partial charge in [-0.15, -0.1) is 0 Å². The largest absolute Gasteiger partial charge is 0.508 e. The molecule has 7 heteroatoms. The van der Waals surface area contributed by atoms with Gasteiger partial charge in [0.15, 0.2) is 5.78 Å². The van der Waals surface area contributed by atoms with Crippen molar-refractivity contribution in [2.24, 2.45) is 11.8 Å². The highest BCUT2D eigenvalue weighted by atomic mass is 16.5. The minimum atomic E-state index is -0.929. The number of benzene rings is 1. The number of nitrogens with one attached hydrogen (secondary N) is 1. The van der Waals surface area contributed by atoms with Crippen LogP contribution in [0.4, 0.5) is 0 Å². The van der Waals surface area contributed by atoms with E-state index in [9.17, 15) is 19.5 Å². The first kappa shape index (κ1) is 20.6. The highest BCUT2D eigenvalue weighted by molar-refractivity contribution is 6.12. The van der Waals surface area contributed by atoms with E-state index in [4.69, 9.17) is 9.47 Å². The summed E-state index contributed by atoms with van der Waals surface area (Å²) in [7, 11) is 1.26. The van der Waals surface area contributed by atoms with E-state index < -0.39 is 23.8 Å². The molecule has 1 heterocycles. The number of hydrogen-bond acceptors (Lipinski definition) is 7. The molecule has 0 saturated carbocycles. The molecule has 2 N–H and O–H groups in total. The lowest BCUT2D eigenvalue weighted by Crippen LogP contribution is -2.43. The van der Waals surface area contributed by atoms with Crippen LogP contribution in [0.5, 0.6) is 5.75 Å². The Labute approximate surface area is 169 Å². The third-order valence-corrected chi connectivity index (χ3v) is 5.46. The number of Topliss-reactive ketones (excluding diaryl/α,β-unsaturated/α-hetero) is 1. The molecule has 0 radical (unpaired) electrons. The highest BCUT2D eigenvalue weighted by Crippen LogP contribution is 2.45. The number of methoxy groups -OCH3 is 1. The highest BCUT2D eigenvalue weighted by Gasteiger charge is 2.47. The van der Waals surface area contributed by atoms with Crippen LogP contribution in [0.25, 0.3) is 0 Å². The number of aromatic hydroxyl groups is 1. The molecule has 3 atom stereocenters. The lowest BCUT2D eigenvalue weighted by Gasteiger charge is -2.38. The fourth-order valence-corrected chi connectivity index (χ4v) is 4.16. The van der Waals surface area contributed by atoms with Gasteiger partial charge in [0.25, 0.3) is 0 Å². The van der Waals surface area contributed by atoms with Crippen LogP contribution in [-0.2, 0) is 23.9 Å². The molecule has 0 fully saturated rings. The summed E-state index contributed by atoms with van der Waals surface area (Å²) in [5.74, 6) is -3.25. The second kappa shape index (κ2) is 8.11. The summed E-state index contributed by atoms with van der Waals surface area (Å²) in [4.78, 5) is 38.5. The van der Waals surface area contributed by atoms with Crippen LogP contribution in [0.3, 0.4) is 0 Å². The summed E-state index contributed by atoms with van der Waals surface area (Å²) >= 11 is 0. The fourth-order valence-electron chi connectivity index (χ4n) is 4.16. The van der Waals surface area contributed by atoms with E-state index in [0.29, 0.717) is 34.5 Å². The van der Waals surface area contributed by atoms with E-state index in [2.05, 4.69) is 5.32 Å². The fraction of sp³-hybridized carbons (Fsp3) is 0.409. The molecule has 29 heavy (non-hydrogen) atoms. The molecule has 154 valence electrons. The maximum Gasteiger partial charge on any atom is 0.336 e. The lowest BCUT2D eigenvalue weighted by atomic mass is 9.69. The maximum absolute atomic E-state index is 13.4. The molecule has 0 unspecified atom stereocenters. The molecule has 0 saturated heterocycles. The number of ketones is 1. The van der Waals surface area contributed by atoms with Gasteiger partial charge in [-0.3, -0.25) is 9.59 Å². The molecular formula is C22H25NO6. The predicted molar refractivity (Wildman–Crippen MR) is 105 cm³/mol. The zero-order chi connectivity index (χ0) is 21.3. The van der Waals surface area contributed by atoms with E-state index in [0.717, 1.165) is 0 Å². The standard InChI is InChI=1S/C22H25NO6/c1-5-29-22(27)17-12(3)23-15-10-11(2)16(21(26)28-4)20(25)19(15)18(17)13-6-8-14(24)9-7-13/h6-9,11,16,18,23-24H,5,10H2,1-4H3/t11-,16+,18+/m0/s1. The minimum absolute atomic E-state index is 0.0753. The molecule has 0 amide bonds. The first-order chi connectivity index (χ1) is 13.8. The number of ether oxygens (including phenoxy) is 2. The first-order valence-corrected chi connectivity index (χ1v) is 9.59. The number of allylic oxidation sites excluding steroid dienone is 3. The second-order valence-corrected chi connectivity index (χ2v) is 7.35. The third kappa shape index (κ3) is 3.64. The van der Waals surface area contributed by atoms with Crippen LogP contribution in [-0.4, -0.2) is 36.5 Å². The number of hydrogen-bond donors (Lipinski definition) is 2. The lowest BCUT2D eigenvalue weighted by molar-refractivity contribution is -0.151. The number of phenolic OH excluding ortho intramolecular Hbond substituents is 1. The van der Waals surface area contributed by atoms with Crippen molar-refractivity contribution in [1.82, 2.24) is 5.32 Å². The Balaban J connectivity index is 2.18. The molecule has 1 aromatic rings. The average molecular weight is 399 g/mol. The average Bonchev–Trinajstić information content (AvgIpc) is 2.67. The number of esters is 2. The quantitative estimate of drug-likeness (QED) is 0.593. The van der Waals surface area contributed by atoms with Gasteiger partial charge in [0.05, 0.1) is 19.3 Å². The summed E-state index contributed by atoms with van der Waals surface area (Å²) in [5.41, 5.74) is 2.66. The van der Waals surface area contributed by atoms with Gasteiger partial charge in [0.2, 0.25) is 0 Å². The van der Waals surface area contributed by atoms with E-state index in [1.807, 2.05) is 6.92 Å². The maximum atomic E-state index is 13.4. The van der Waals surface area contributed by atoms with Crippen LogP contribution < -0.4 is 5.32 Å². The Morgan fingerprint density at radius 3 is 2.48 bits per heavy atom. The Hall–Kier alpha value is -3.09. The van der Waals surface area contributed by atoms with Gasteiger partial charge in [-0.1, -0.05) is 19.1 Å². The van der Waals surface area contributed by atoms with Crippen molar-refractivity contribution in [2.45, 2.75) is 33.1 Å². The SMILES string of the molecule is CCOC(=O)C1=C(C)NC2=C(C(=O)[C@H](C(=O)OC)[C@@H](C)C2)[C@@H]1c1ccc(O)cc1. The molecule has 0 bridgehead atoms. The van der Waals surface area contributed by atoms with E-state index in [1.54, 1.807) is 26.0 Å². The minimum Gasteiger partial charge on any atom is -0.508 e. The van der Waals surface area contributed by atoms with Crippen molar-refractivity contribution in [3.8, 4) is 5.75 Å². The van der Waals surface area contributed by atoms with Gasteiger partial charge < -0.3 is 19.9 Å². The smallest absolute Gasteiger partial charge is 0.336 e. The first-order valence-electron chi connectivity index (χ1n) is 9.59. The van der Waals surface area contributed by atoms with Gasteiger partial charge in [-0.05, 0) is 43.9 Å². The number of phenols is 1. The van der Waals surface area contributed by atoms with E-state index in [-0.39, 0.29) is 24.1 Å². The zero-order valence-electron chi connectivity index (χ0n) is 16.9. The molecule has 3 rings (SSSR count). The number of carbonyl (C=O) groups excluding carboxylic acids is 3. The van der Waals surface area contributed by atoms with Crippen molar-refractivity contribution < 1.29 is 29.0 Å². The van der Waals surface area contributed by atoms with E-state index in [1.165, 1.54) is 19.2 Å². The molecule has 2 aliphatic rings. The van der Waals surface area contributed by atoms with Crippen LogP contribution >= 0.6 is 0 Å². The van der Waals surface area contributed by atoms with Crippen molar-refractivity contribution >= 4 is 17.7 Å². The normalized spacial score (nSPS) is 24.0. The number of rotatable bonds is 4. The number of dihydropyridines is 1. The Morgan fingerprint density at radius 1 is 1.24 bits per heavy atom. The topological polar surface area (TPSA) is 102 Å². The van der Waals surface area contributed by atoms with E-state index >= 15 is 0 Å². The molecular weight excluding hydrogens is 374 g/mol. The van der Waals surface area contributed by atoms with Crippen LogP contribution in [0.1, 0.15) is 38.7 Å². The van der Waals surface area contributed by atoms with Gasteiger partial charge >= 0.3 is 11.9 Å². The van der Waals surface area contributed by atoms with Gasteiger partial charge in [0, 0.05) is 22.9 Å². The summed E-state index contributed by atoms with van der Waals surface area (Å²) in [6, 6.07) is 6.34.